The third-order valence-electron chi connectivity index (χ3n) is 2.62. The maximum absolute atomic E-state index is 12.9. The van der Waals surface area contributed by atoms with E-state index in [1.807, 2.05) is 6.92 Å². The minimum absolute atomic E-state index is 0.227. The summed E-state index contributed by atoms with van der Waals surface area (Å²) in [5.41, 5.74) is 7.60. The number of nitrogens with two attached hydrogens (primary N) is 1. The molecule has 0 atom stereocenters. The van der Waals surface area contributed by atoms with Crippen molar-refractivity contribution >= 4 is 28.6 Å². The first kappa shape index (κ1) is 12.6. The minimum Gasteiger partial charge on any atom is -0.398 e. The van der Waals surface area contributed by atoms with Crippen LogP contribution >= 0.6 is 11.3 Å². The van der Waals surface area contributed by atoms with Crippen LogP contribution in [0.4, 0.5) is 15.8 Å². The van der Waals surface area contributed by atoms with E-state index in [9.17, 15) is 9.18 Å². The highest BCUT2D eigenvalue weighted by atomic mass is 32.1. The van der Waals surface area contributed by atoms with Gasteiger partial charge >= 0.3 is 0 Å². The van der Waals surface area contributed by atoms with E-state index in [0.29, 0.717) is 21.8 Å². The molecule has 3 nitrogen and oxygen atoms in total. The molecule has 3 N–H and O–H groups in total. The van der Waals surface area contributed by atoms with Gasteiger partial charge in [0.15, 0.2) is 0 Å². The highest BCUT2D eigenvalue weighted by molar-refractivity contribution is 7.14. The van der Waals surface area contributed by atoms with E-state index < -0.39 is 0 Å². The Balaban J connectivity index is 2.21. The average Bonchev–Trinajstić information content (AvgIpc) is 2.63. The van der Waals surface area contributed by atoms with Gasteiger partial charge in [-0.3, -0.25) is 4.79 Å². The van der Waals surface area contributed by atoms with Gasteiger partial charge in [-0.05, 0) is 43.7 Å². The molecule has 5 heteroatoms. The maximum Gasteiger partial charge on any atom is 0.265 e. The van der Waals surface area contributed by atoms with Gasteiger partial charge in [0.05, 0.1) is 4.88 Å². The molecule has 0 unspecified atom stereocenters. The molecule has 18 heavy (non-hydrogen) atoms. The van der Waals surface area contributed by atoms with Gasteiger partial charge in [-0.25, -0.2) is 4.39 Å². The number of carbonyl (C=O) groups is 1. The number of carbonyl (C=O) groups excluding carboxylic acids is 1. The van der Waals surface area contributed by atoms with Crippen LogP contribution in [0.15, 0.2) is 24.3 Å². The fourth-order valence-corrected chi connectivity index (χ4v) is 2.40. The van der Waals surface area contributed by atoms with Crippen molar-refractivity contribution in [3.63, 3.8) is 0 Å². The second-order valence-corrected chi connectivity index (χ2v) is 5.29. The quantitative estimate of drug-likeness (QED) is 0.874. The van der Waals surface area contributed by atoms with Crippen molar-refractivity contribution in [1.82, 2.24) is 0 Å². The van der Waals surface area contributed by atoms with Gasteiger partial charge < -0.3 is 11.1 Å². The van der Waals surface area contributed by atoms with Gasteiger partial charge in [0.2, 0.25) is 0 Å². The lowest BCUT2D eigenvalue weighted by Crippen LogP contribution is -2.11. The molecule has 2 rings (SSSR count). The summed E-state index contributed by atoms with van der Waals surface area (Å²) >= 11 is 1.34. The van der Waals surface area contributed by atoms with Crippen molar-refractivity contribution in [2.75, 3.05) is 11.1 Å². The second-order valence-electron chi connectivity index (χ2n) is 4.04. The zero-order valence-corrected chi connectivity index (χ0v) is 10.9. The molecule has 1 aromatic heterocycles. The van der Waals surface area contributed by atoms with E-state index in [2.05, 4.69) is 5.32 Å². The number of anilines is 2. The molecule has 1 heterocycles. The van der Waals surface area contributed by atoms with Crippen LogP contribution in [0.1, 0.15) is 20.1 Å². The topological polar surface area (TPSA) is 55.1 Å². The van der Waals surface area contributed by atoms with Crippen molar-refractivity contribution in [2.24, 2.45) is 0 Å². The maximum atomic E-state index is 12.9. The molecular weight excluding hydrogens is 251 g/mol. The Bertz CT molecular complexity index is 588. The summed E-state index contributed by atoms with van der Waals surface area (Å²) in [5.74, 6) is -0.545. The predicted octanol–water partition coefficient (Wildman–Crippen LogP) is 3.34. The number of amides is 1. The Kier molecular flexibility index (Phi) is 3.34. The van der Waals surface area contributed by atoms with E-state index in [1.165, 1.54) is 23.5 Å². The van der Waals surface area contributed by atoms with Crippen LogP contribution in [0.25, 0.3) is 0 Å². The summed E-state index contributed by atoms with van der Waals surface area (Å²) in [4.78, 5) is 13.4. The van der Waals surface area contributed by atoms with Crippen LogP contribution in [0.5, 0.6) is 0 Å². The van der Waals surface area contributed by atoms with Crippen LogP contribution in [0.3, 0.4) is 0 Å². The summed E-state index contributed by atoms with van der Waals surface area (Å²) < 4.78 is 12.9. The fraction of sp³-hybridized carbons (Fsp3) is 0.154. The van der Waals surface area contributed by atoms with Gasteiger partial charge in [0.25, 0.3) is 5.91 Å². The van der Waals surface area contributed by atoms with Crippen LogP contribution in [0.2, 0.25) is 0 Å². The van der Waals surface area contributed by atoms with Crippen molar-refractivity contribution in [2.45, 2.75) is 13.8 Å². The number of hydrogen-bond donors (Lipinski definition) is 2. The summed E-state index contributed by atoms with van der Waals surface area (Å²) in [7, 11) is 0. The number of hydrogen-bond acceptors (Lipinski definition) is 3. The highest BCUT2D eigenvalue weighted by Gasteiger charge is 2.12. The third kappa shape index (κ3) is 2.51. The van der Waals surface area contributed by atoms with Crippen molar-refractivity contribution in [1.29, 1.82) is 0 Å². The molecule has 94 valence electrons. The van der Waals surface area contributed by atoms with Crippen molar-refractivity contribution < 1.29 is 9.18 Å². The first-order chi connectivity index (χ1) is 8.47. The zero-order valence-electron chi connectivity index (χ0n) is 10.1. The number of nitrogen functional groups attached to an aromatic ring is 1. The third-order valence-corrected chi connectivity index (χ3v) is 3.68. The number of benzene rings is 1. The number of halogens is 1. The molecule has 0 aliphatic rings. The van der Waals surface area contributed by atoms with Gasteiger partial charge in [-0.1, -0.05) is 0 Å². The molecule has 0 radical (unpaired) electrons. The van der Waals surface area contributed by atoms with Gasteiger partial charge in [-0.2, -0.15) is 0 Å². The standard InChI is InChI=1S/C13H13FN2OS/c1-7-5-9(14)3-4-11(7)16-13(17)12-6-10(15)8(2)18-12/h3-6H,15H2,1-2H3,(H,16,17). The Morgan fingerprint density at radius 2 is 2.06 bits per heavy atom. The lowest BCUT2D eigenvalue weighted by atomic mass is 10.2. The molecular formula is C13H13FN2OS. The number of rotatable bonds is 2. The molecule has 0 spiro atoms. The summed E-state index contributed by atoms with van der Waals surface area (Å²) in [6.45, 7) is 3.60. The van der Waals surface area contributed by atoms with Crippen molar-refractivity contribution in [3.8, 4) is 0 Å². The molecule has 0 aliphatic heterocycles. The van der Waals surface area contributed by atoms with E-state index >= 15 is 0 Å². The molecule has 0 saturated carbocycles. The number of thiophene rings is 1. The van der Waals surface area contributed by atoms with Gasteiger partial charge in [0.1, 0.15) is 5.82 Å². The average molecular weight is 264 g/mol. The van der Waals surface area contributed by atoms with Crippen molar-refractivity contribution in [3.05, 3.63) is 45.4 Å². The van der Waals surface area contributed by atoms with Crippen LogP contribution in [-0.2, 0) is 0 Å². The number of aryl methyl sites for hydroxylation is 2. The Morgan fingerprint density at radius 3 is 2.61 bits per heavy atom. The molecule has 2 aromatic rings. The Labute approximate surface area is 108 Å². The van der Waals surface area contributed by atoms with E-state index in [0.717, 1.165) is 4.88 Å². The first-order valence-electron chi connectivity index (χ1n) is 5.41. The second kappa shape index (κ2) is 4.78. The van der Waals surface area contributed by atoms with Crippen LogP contribution in [0, 0.1) is 19.7 Å². The molecule has 1 aromatic carbocycles. The molecule has 0 aliphatic carbocycles. The zero-order chi connectivity index (χ0) is 13.3. The highest BCUT2D eigenvalue weighted by Crippen LogP contribution is 2.25. The first-order valence-corrected chi connectivity index (χ1v) is 6.22. The summed E-state index contributed by atoms with van der Waals surface area (Å²) in [5, 5.41) is 2.74. The fourth-order valence-electron chi connectivity index (χ4n) is 1.56. The molecule has 0 saturated heterocycles. The van der Waals surface area contributed by atoms with E-state index in [4.69, 9.17) is 5.73 Å². The molecule has 0 fully saturated rings. The normalized spacial score (nSPS) is 10.4. The lowest BCUT2D eigenvalue weighted by Gasteiger charge is -2.06. The minimum atomic E-state index is -0.318. The SMILES string of the molecule is Cc1cc(F)ccc1NC(=O)c1cc(N)c(C)s1. The van der Waals surface area contributed by atoms with E-state index in [-0.39, 0.29) is 11.7 Å². The molecule has 0 bridgehead atoms. The monoisotopic (exact) mass is 264 g/mol. The van der Waals surface area contributed by atoms with Gasteiger partial charge in [-0.15, -0.1) is 11.3 Å². The predicted molar refractivity (Wildman–Crippen MR) is 72.6 cm³/mol. The summed E-state index contributed by atoms with van der Waals surface area (Å²) in [6, 6.07) is 5.89. The van der Waals surface area contributed by atoms with Crippen LogP contribution in [-0.4, -0.2) is 5.91 Å². The Morgan fingerprint density at radius 1 is 1.33 bits per heavy atom. The van der Waals surface area contributed by atoms with E-state index in [1.54, 1.807) is 19.1 Å². The van der Waals surface area contributed by atoms with Crippen LogP contribution < -0.4 is 11.1 Å². The lowest BCUT2D eigenvalue weighted by molar-refractivity contribution is 0.103. The van der Waals surface area contributed by atoms with Gasteiger partial charge in [0, 0.05) is 16.3 Å². The smallest absolute Gasteiger partial charge is 0.265 e. The summed E-state index contributed by atoms with van der Waals surface area (Å²) in [6.07, 6.45) is 0. The Hall–Kier alpha value is -1.88. The molecule has 1 amide bonds. The number of nitrogens with one attached hydrogen (secondary N) is 1. The largest absolute Gasteiger partial charge is 0.398 e.